The standard InChI is InChI=1S/C12H14FNO2/c1-8(16)14-11-6-9(7-15)4-5-10(11)12(2,3)13/h4-7H,1-3H3,(H,14,16). The van der Waals surface area contributed by atoms with Crippen molar-refractivity contribution in [3.05, 3.63) is 29.3 Å². The van der Waals surface area contributed by atoms with E-state index >= 15 is 0 Å². The summed E-state index contributed by atoms with van der Waals surface area (Å²) in [7, 11) is 0. The molecular weight excluding hydrogens is 209 g/mol. The van der Waals surface area contributed by atoms with Crippen molar-refractivity contribution < 1.29 is 14.0 Å². The van der Waals surface area contributed by atoms with E-state index in [4.69, 9.17) is 0 Å². The number of anilines is 1. The van der Waals surface area contributed by atoms with Crippen LogP contribution in [-0.2, 0) is 10.5 Å². The maximum Gasteiger partial charge on any atom is 0.221 e. The van der Waals surface area contributed by atoms with Crippen LogP contribution in [0.5, 0.6) is 0 Å². The van der Waals surface area contributed by atoms with Crippen LogP contribution in [0, 0.1) is 0 Å². The van der Waals surface area contributed by atoms with E-state index in [1.165, 1.54) is 39.0 Å². The first-order valence-electron chi connectivity index (χ1n) is 4.91. The third-order valence-electron chi connectivity index (χ3n) is 2.13. The molecule has 0 spiro atoms. The third kappa shape index (κ3) is 2.89. The zero-order valence-corrected chi connectivity index (χ0v) is 9.50. The van der Waals surface area contributed by atoms with Crippen LogP contribution < -0.4 is 5.32 Å². The Labute approximate surface area is 93.7 Å². The molecule has 1 amide bonds. The highest BCUT2D eigenvalue weighted by molar-refractivity contribution is 5.91. The molecule has 1 aromatic rings. The molecule has 1 aromatic carbocycles. The Kier molecular flexibility index (Phi) is 3.42. The second-order valence-electron chi connectivity index (χ2n) is 4.08. The van der Waals surface area contributed by atoms with Crippen molar-refractivity contribution in [1.29, 1.82) is 0 Å². The van der Waals surface area contributed by atoms with E-state index in [-0.39, 0.29) is 5.91 Å². The zero-order valence-electron chi connectivity index (χ0n) is 9.50. The van der Waals surface area contributed by atoms with Crippen LogP contribution in [0.2, 0.25) is 0 Å². The van der Waals surface area contributed by atoms with Gasteiger partial charge in [0, 0.05) is 23.7 Å². The van der Waals surface area contributed by atoms with Crippen molar-refractivity contribution in [2.24, 2.45) is 0 Å². The highest BCUT2D eigenvalue weighted by atomic mass is 19.1. The summed E-state index contributed by atoms with van der Waals surface area (Å²) in [5, 5.41) is 2.52. The highest BCUT2D eigenvalue weighted by Crippen LogP contribution is 2.31. The predicted octanol–water partition coefficient (Wildman–Crippen LogP) is 2.66. The van der Waals surface area contributed by atoms with Crippen molar-refractivity contribution >= 4 is 17.9 Å². The van der Waals surface area contributed by atoms with Crippen LogP contribution in [0.3, 0.4) is 0 Å². The van der Waals surface area contributed by atoms with Gasteiger partial charge in [0.2, 0.25) is 5.91 Å². The molecule has 0 bridgehead atoms. The molecule has 16 heavy (non-hydrogen) atoms. The Morgan fingerprint density at radius 1 is 1.44 bits per heavy atom. The largest absolute Gasteiger partial charge is 0.326 e. The molecule has 4 heteroatoms. The summed E-state index contributed by atoms with van der Waals surface area (Å²) in [4.78, 5) is 21.6. The SMILES string of the molecule is CC(=O)Nc1cc(C=O)ccc1C(C)(C)F. The molecule has 0 saturated heterocycles. The van der Waals surface area contributed by atoms with Gasteiger partial charge in [-0.3, -0.25) is 9.59 Å². The minimum atomic E-state index is -1.57. The Hall–Kier alpha value is -1.71. The summed E-state index contributed by atoms with van der Waals surface area (Å²) in [6.45, 7) is 4.13. The molecule has 0 aromatic heterocycles. The summed E-state index contributed by atoms with van der Waals surface area (Å²) >= 11 is 0. The number of halogens is 1. The second-order valence-corrected chi connectivity index (χ2v) is 4.08. The topological polar surface area (TPSA) is 46.2 Å². The third-order valence-corrected chi connectivity index (χ3v) is 2.13. The summed E-state index contributed by atoms with van der Waals surface area (Å²) < 4.78 is 13.8. The molecule has 1 N–H and O–H groups in total. The fraction of sp³-hybridized carbons (Fsp3) is 0.333. The van der Waals surface area contributed by atoms with E-state index in [1.807, 2.05) is 0 Å². The number of carbonyl (C=O) groups excluding carboxylic acids is 2. The number of hydrogen-bond donors (Lipinski definition) is 1. The van der Waals surface area contributed by atoms with Crippen molar-refractivity contribution in [1.82, 2.24) is 0 Å². The maximum absolute atomic E-state index is 13.8. The van der Waals surface area contributed by atoms with Gasteiger partial charge in [0.15, 0.2) is 0 Å². The molecule has 0 radical (unpaired) electrons. The van der Waals surface area contributed by atoms with Crippen molar-refractivity contribution in [3.8, 4) is 0 Å². The van der Waals surface area contributed by atoms with E-state index in [0.29, 0.717) is 23.1 Å². The first-order chi connectivity index (χ1) is 7.34. The van der Waals surface area contributed by atoms with E-state index in [0.717, 1.165) is 0 Å². The van der Waals surface area contributed by atoms with E-state index in [2.05, 4.69) is 5.32 Å². The molecule has 0 atom stereocenters. The van der Waals surface area contributed by atoms with Crippen LogP contribution in [0.15, 0.2) is 18.2 Å². The van der Waals surface area contributed by atoms with E-state index in [1.54, 1.807) is 0 Å². The Balaban J connectivity index is 3.26. The van der Waals surface area contributed by atoms with Crippen LogP contribution in [0.1, 0.15) is 36.7 Å². The van der Waals surface area contributed by atoms with Gasteiger partial charge in [0.25, 0.3) is 0 Å². The summed E-state index contributed by atoms with van der Waals surface area (Å²) in [5.74, 6) is -0.298. The molecule has 0 fully saturated rings. The molecule has 0 heterocycles. The van der Waals surface area contributed by atoms with Crippen LogP contribution in [0.25, 0.3) is 0 Å². The lowest BCUT2D eigenvalue weighted by molar-refractivity contribution is -0.114. The van der Waals surface area contributed by atoms with Gasteiger partial charge in [-0.2, -0.15) is 0 Å². The highest BCUT2D eigenvalue weighted by Gasteiger charge is 2.23. The van der Waals surface area contributed by atoms with Crippen LogP contribution >= 0.6 is 0 Å². The Morgan fingerprint density at radius 2 is 2.06 bits per heavy atom. The van der Waals surface area contributed by atoms with Crippen molar-refractivity contribution in [2.45, 2.75) is 26.4 Å². The molecule has 3 nitrogen and oxygen atoms in total. The quantitative estimate of drug-likeness (QED) is 0.801. The van der Waals surface area contributed by atoms with Gasteiger partial charge < -0.3 is 5.32 Å². The fourth-order valence-electron chi connectivity index (χ4n) is 1.45. The number of hydrogen-bond acceptors (Lipinski definition) is 2. The maximum atomic E-state index is 13.8. The Morgan fingerprint density at radius 3 is 2.50 bits per heavy atom. The first-order valence-corrected chi connectivity index (χ1v) is 4.91. The lowest BCUT2D eigenvalue weighted by Gasteiger charge is -2.19. The number of carbonyl (C=O) groups is 2. The van der Waals surface area contributed by atoms with Gasteiger partial charge in [0.1, 0.15) is 12.0 Å². The first kappa shape index (κ1) is 12.4. The zero-order chi connectivity index (χ0) is 12.3. The van der Waals surface area contributed by atoms with Crippen LogP contribution in [0.4, 0.5) is 10.1 Å². The molecule has 1 rings (SSSR count). The van der Waals surface area contributed by atoms with E-state index < -0.39 is 5.67 Å². The lowest BCUT2D eigenvalue weighted by atomic mass is 9.96. The molecule has 0 aliphatic rings. The summed E-state index contributed by atoms with van der Waals surface area (Å²) in [6.07, 6.45) is 0.653. The number of nitrogens with one attached hydrogen (secondary N) is 1. The normalized spacial score (nSPS) is 11.0. The molecule has 0 saturated carbocycles. The molecule has 0 aliphatic heterocycles. The van der Waals surface area contributed by atoms with Gasteiger partial charge in [-0.25, -0.2) is 4.39 Å². The number of amides is 1. The molecular formula is C12H14FNO2. The van der Waals surface area contributed by atoms with Crippen LogP contribution in [-0.4, -0.2) is 12.2 Å². The van der Waals surface area contributed by atoms with Gasteiger partial charge in [0.05, 0.1) is 0 Å². The van der Waals surface area contributed by atoms with Gasteiger partial charge in [-0.15, -0.1) is 0 Å². The van der Waals surface area contributed by atoms with Crippen molar-refractivity contribution in [2.75, 3.05) is 5.32 Å². The van der Waals surface area contributed by atoms with Gasteiger partial charge in [-0.05, 0) is 19.9 Å². The molecule has 86 valence electrons. The van der Waals surface area contributed by atoms with Gasteiger partial charge in [-0.1, -0.05) is 12.1 Å². The summed E-state index contributed by atoms with van der Waals surface area (Å²) in [5.41, 5.74) is -0.478. The number of benzene rings is 1. The van der Waals surface area contributed by atoms with Gasteiger partial charge >= 0.3 is 0 Å². The molecule has 0 aliphatic carbocycles. The number of rotatable bonds is 3. The second kappa shape index (κ2) is 4.43. The van der Waals surface area contributed by atoms with E-state index in [9.17, 15) is 14.0 Å². The minimum absolute atomic E-state index is 0.298. The average Bonchev–Trinajstić information content (AvgIpc) is 2.14. The predicted molar refractivity (Wildman–Crippen MR) is 60.3 cm³/mol. The smallest absolute Gasteiger partial charge is 0.221 e. The summed E-state index contributed by atoms with van der Waals surface area (Å²) in [6, 6.07) is 4.50. The molecule has 0 unspecified atom stereocenters. The van der Waals surface area contributed by atoms with Crippen molar-refractivity contribution in [3.63, 3.8) is 0 Å². The number of aldehydes is 1. The monoisotopic (exact) mass is 223 g/mol. The Bertz CT molecular complexity index is 422. The average molecular weight is 223 g/mol. The lowest BCUT2D eigenvalue weighted by Crippen LogP contribution is -2.16. The number of alkyl halides is 1. The fourth-order valence-corrected chi connectivity index (χ4v) is 1.45. The minimum Gasteiger partial charge on any atom is -0.326 e.